The van der Waals surface area contributed by atoms with Crippen molar-refractivity contribution in [2.24, 2.45) is 0 Å². The molecular formula is C26H22Cl2N2O5. The Labute approximate surface area is 212 Å². The summed E-state index contributed by atoms with van der Waals surface area (Å²) < 4.78 is 5.91. The number of rotatable bonds is 7. The van der Waals surface area contributed by atoms with Crippen molar-refractivity contribution >= 4 is 46.5 Å². The highest BCUT2D eigenvalue weighted by Gasteiger charge is 2.45. The Bertz CT molecular complexity index is 1240. The highest BCUT2D eigenvalue weighted by atomic mass is 35.5. The van der Waals surface area contributed by atoms with Gasteiger partial charge in [0.25, 0.3) is 11.6 Å². The van der Waals surface area contributed by atoms with Crippen molar-refractivity contribution in [1.29, 1.82) is 0 Å². The molecule has 1 aliphatic rings. The highest BCUT2D eigenvalue weighted by Crippen LogP contribution is 2.43. The maximum atomic E-state index is 13.6. The Morgan fingerprint density at radius 1 is 0.971 bits per heavy atom. The quantitative estimate of drug-likeness (QED) is 0.217. The van der Waals surface area contributed by atoms with Crippen LogP contribution in [0.15, 0.2) is 72.8 Å². The molecule has 4 rings (SSSR count). The van der Waals surface area contributed by atoms with Crippen LogP contribution in [0.25, 0.3) is 0 Å². The van der Waals surface area contributed by atoms with E-state index >= 15 is 0 Å². The number of anilines is 1. The fourth-order valence-electron chi connectivity index (χ4n) is 4.40. The molecule has 0 radical (unpaired) electrons. The lowest BCUT2D eigenvalue weighted by Gasteiger charge is -2.30. The van der Waals surface area contributed by atoms with Gasteiger partial charge in [-0.1, -0.05) is 78.5 Å². The summed E-state index contributed by atoms with van der Waals surface area (Å²) >= 11 is 12.2. The number of nitrogens with zero attached hydrogens (tertiary/aromatic N) is 1. The molecule has 35 heavy (non-hydrogen) atoms. The van der Waals surface area contributed by atoms with Crippen LogP contribution in [-0.2, 0) is 19.7 Å². The summed E-state index contributed by atoms with van der Waals surface area (Å²) in [7, 11) is 0. The molecule has 1 amide bonds. The molecule has 1 aliphatic carbocycles. The molecule has 9 heteroatoms. The van der Waals surface area contributed by atoms with E-state index < -0.39 is 28.3 Å². The lowest BCUT2D eigenvalue weighted by molar-refractivity contribution is -0.384. The van der Waals surface area contributed by atoms with Crippen molar-refractivity contribution in [3.8, 4) is 0 Å². The first-order valence-corrected chi connectivity index (χ1v) is 11.8. The van der Waals surface area contributed by atoms with Gasteiger partial charge in [-0.15, -0.1) is 0 Å². The zero-order chi connectivity index (χ0) is 25.0. The minimum absolute atomic E-state index is 0.000819. The number of halogens is 2. The number of nitro benzene ring substituents is 1. The predicted octanol–water partition coefficient (Wildman–Crippen LogP) is 6.64. The molecule has 0 heterocycles. The number of esters is 1. The summed E-state index contributed by atoms with van der Waals surface area (Å²) in [6.45, 7) is 0. The van der Waals surface area contributed by atoms with E-state index in [1.807, 2.05) is 12.1 Å². The van der Waals surface area contributed by atoms with E-state index in [9.17, 15) is 19.7 Å². The molecule has 0 bridgehead atoms. The lowest BCUT2D eigenvalue weighted by Crippen LogP contribution is -2.38. The van der Waals surface area contributed by atoms with Crippen molar-refractivity contribution in [3.63, 3.8) is 0 Å². The average Bonchev–Trinajstić information content (AvgIpc) is 3.36. The molecule has 3 aromatic carbocycles. The fourth-order valence-corrected chi connectivity index (χ4v) is 4.74. The second-order valence-electron chi connectivity index (χ2n) is 8.40. The lowest BCUT2D eigenvalue weighted by atomic mass is 9.79. The summed E-state index contributed by atoms with van der Waals surface area (Å²) in [5.74, 6) is -1.11. The normalized spacial score (nSPS) is 15.3. The third-order valence-electron chi connectivity index (χ3n) is 6.23. The molecule has 0 aliphatic heterocycles. The van der Waals surface area contributed by atoms with Gasteiger partial charge in [0.1, 0.15) is 0 Å². The Morgan fingerprint density at radius 2 is 1.63 bits per heavy atom. The zero-order valence-corrected chi connectivity index (χ0v) is 20.1. The molecule has 0 aromatic heterocycles. The minimum atomic E-state index is -1.25. The number of hydrogen-bond donors (Lipinski definition) is 1. The van der Waals surface area contributed by atoms with Crippen LogP contribution in [0.2, 0.25) is 10.0 Å². The van der Waals surface area contributed by atoms with Crippen molar-refractivity contribution in [2.75, 3.05) is 5.32 Å². The molecule has 1 saturated carbocycles. The second kappa shape index (κ2) is 10.5. The third-order valence-corrected chi connectivity index (χ3v) is 6.80. The molecule has 7 nitrogen and oxygen atoms in total. The number of hydrogen-bond acceptors (Lipinski definition) is 5. The molecular weight excluding hydrogens is 491 g/mol. The van der Waals surface area contributed by atoms with E-state index in [1.54, 1.807) is 42.5 Å². The molecule has 0 spiro atoms. The average molecular weight is 513 g/mol. The predicted molar refractivity (Wildman–Crippen MR) is 134 cm³/mol. The van der Waals surface area contributed by atoms with Crippen molar-refractivity contribution < 1.29 is 19.2 Å². The van der Waals surface area contributed by atoms with Crippen LogP contribution in [-0.4, -0.2) is 16.8 Å². The van der Waals surface area contributed by atoms with Gasteiger partial charge in [-0.3, -0.25) is 19.7 Å². The van der Waals surface area contributed by atoms with Gasteiger partial charge >= 0.3 is 5.97 Å². The number of nitro groups is 1. The number of benzene rings is 3. The third kappa shape index (κ3) is 5.31. The van der Waals surface area contributed by atoms with Gasteiger partial charge in [-0.25, -0.2) is 0 Å². The summed E-state index contributed by atoms with van der Waals surface area (Å²) in [6.07, 6.45) is 1.67. The standard InChI is InChI=1S/C26H22Cl2N2O5/c27-19-10-8-18(9-11-19)26(14-4-5-15-26)25(32)35-23(17-6-2-1-3-7-17)24(31)29-22-13-12-20(30(33)34)16-21(22)28/h1-3,6-13,16,23H,4-5,14-15H2,(H,29,31)/t23-/m1/s1. The highest BCUT2D eigenvalue weighted by molar-refractivity contribution is 6.34. The van der Waals surface area contributed by atoms with E-state index in [-0.39, 0.29) is 16.4 Å². The Balaban J connectivity index is 1.63. The Kier molecular flexibility index (Phi) is 7.38. The van der Waals surface area contributed by atoms with Crippen LogP contribution in [0, 0.1) is 10.1 Å². The van der Waals surface area contributed by atoms with E-state index in [4.69, 9.17) is 27.9 Å². The van der Waals surface area contributed by atoms with Gasteiger partial charge in [0, 0.05) is 22.7 Å². The van der Waals surface area contributed by atoms with Crippen molar-refractivity contribution in [3.05, 3.63) is 104 Å². The number of carbonyl (C=O) groups is 2. The zero-order valence-electron chi connectivity index (χ0n) is 18.6. The van der Waals surface area contributed by atoms with Gasteiger partial charge in [0.15, 0.2) is 0 Å². The Morgan fingerprint density at radius 3 is 2.23 bits per heavy atom. The van der Waals surface area contributed by atoms with Crippen LogP contribution in [0.4, 0.5) is 11.4 Å². The minimum Gasteiger partial charge on any atom is -0.447 e. The first kappa shape index (κ1) is 24.7. The summed E-state index contributed by atoms with van der Waals surface area (Å²) in [6, 6.07) is 19.5. The topological polar surface area (TPSA) is 98.5 Å². The molecule has 0 unspecified atom stereocenters. The van der Waals surface area contributed by atoms with Crippen LogP contribution < -0.4 is 5.32 Å². The van der Waals surface area contributed by atoms with Gasteiger partial charge in [0.2, 0.25) is 6.10 Å². The number of amides is 1. The second-order valence-corrected chi connectivity index (χ2v) is 9.25. The summed E-state index contributed by atoms with van der Waals surface area (Å²) in [4.78, 5) is 37.4. The van der Waals surface area contributed by atoms with Crippen LogP contribution in [0.5, 0.6) is 0 Å². The first-order chi connectivity index (χ1) is 16.8. The summed E-state index contributed by atoms with van der Waals surface area (Å²) in [5.41, 5.74) is 0.386. The monoisotopic (exact) mass is 512 g/mol. The van der Waals surface area contributed by atoms with Crippen LogP contribution in [0.3, 0.4) is 0 Å². The SMILES string of the molecule is O=C(Nc1ccc([N+](=O)[O-])cc1Cl)[C@H](OC(=O)C1(c2ccc(Cl)cc2)CCCC1)c1ccccc1. The maximum absolute atomic E-state index is 13.6. The van der Waals surface area contributed by atoms with E-state index in [0.717, 1.165) is 24.5 Å². The van der Waals surface area contributed by atoms with Gasteiger partial charge in [-0.2, -0.15) is 0 Å². The molecule has 180 valence electrons. The summed E-state index contributed by atoms with van der Waals surface area (Å²) in [5, 5.41) is 14.2. The number of non-ortho nitro benzene ring substituents is 1. The van der Waals surface area contributed by atoms with Crippen molar-refractivity contribution in [1.82, 2.24) is 0 Å². The molecule has 1 N–H and O–H groups in total. The molecule has 0 saturated heterocycles. The number of nitrogens with one attached hydrogen (secondary N) is 1. The van der Waals surface area contributed by atoms with Gasteiger partial charge in [-0.05, 0) is 36.6 Å². The maximum Gasteiger partial charge on any atom is 0.317 e. The first-order valence-electron chi connectivity index (χ1n) is 11.1. The van der Waals surface area contributed by atoms with Crippen LogP contribution in [0.1, 0.15) is 42.9 Å². The molecule has 3 aromatic rings. The number of ether oxygens (including phenoxy) is 1. The largest absolute Gasteiger partial charge is 0.447 e. The molecule has 1 fully saturated rings. The van der Waals surface area contributed by atoms with Gasteiger partial charge in [0.05, 0.1) is 21.0 Å². The molecule has 1 atom stereocenters. The van der Waals surface area contributed by atoms with Crippen LogP contribution >= 0.6 is 23.2 Å². The Hall–Kier alpha value is -3.42. The number of carbonyl (C=O) groups excluding carboxylic acids is 2. The smallest absolute Gasteiger partial charge is 0.317 e. The van der Waals surface area contributed by atoms with E-state index in [2.05, 4.69) is 5.32 Å². The van der Waals surface area contributed by atoms with E-state index in [0.29, 0.717) is 23.4 Å². The van der Waals surface area contributed by atoms with Gasteiger partial charge < -0.3 is 10.1 Å². The van der Waals surface area contributed by atoms with E-state index in [1.165, 1.54) is 12.1 Å². The fraction of sp³-hybridized carbons (Fsp3) is 0.231. The van der Waals surface area contributed by atoms with Crippen molar-refractivity contribution in [2.45, 2.75) is 37.2 Å².